The quantitative estimate of drug-likeness (QED) is 0.686. The summed E-state index contributed by atoms with van der Waals surface area (Å²) in [6.07, 6.45) is 3.58. The SMILES string of the molecule is Cc1nc(NCCNS(=O)(=O)c2ccc(F)cc2C)cc(N2CCCCC2)n1. The molecule has 2 heterocycles. The van der Waals surface area contributed by atoms with Crippen molar-refractivity contribution in [1.29, 1.82) is 0 Å². The molecule has 1 aliphatic heterocycles. The highest BCUT2D eigenvalue weighted by Gasteiger charge is 2.17. The van der Waals surface area contributed by atoms with E-state index in [4.69, 9.17) is 0 Å². The van der Waals surface area contributed by atoms with Crippen molar-refractivity contribution in [2.75, 3.05) is 36.4 Å². The second-order valence-corrected chi connectivity index (χ2v) is 8.68. The third-order valence-electron chi connectivity index (χ3n) is 4.65. The Hall–Kier alpha value is -2.26. The molecule has 0 saturated carbocycles. The summed E-state index contributed by atoms with van der Waals surface area (Å²) in [6.45, 7) is 5.95. The number of sulfonamides is 1. The largest absolute Gasteiger partial charge is 0.369 e. The second kappa shape index (κ2) is 8.83. The van der Waals surface area contributed by atoms with Crippen molar-refractivity contribution in [3.05, 3.63) is 41.5 Å². The zero-order valence-corrected chi connectivity index (χ0v) is 17.0. The van der Waals surface area contributed by atoms with Crippen LogP contribution in [0.3, 0.4) is 0 Å². The maximum absolute atomic E-state index is 13.2. The Morgan fingerprint density at radius 1 is 1.07 bits per heavy atom. The summed E-state index contributed by atoms with van der Waals surface area (Å²) in [5, 5.41) is 3.15. The number of anilines is 2. The van der Waals surface area contributed by atoms with Gasteiger partial charge in [0.05, 0.1) is 4.90 Å². The minimum Gasteiger partial charge on any atom is -0.369 e. The number of aryl methyl sites for hydroxylation is 2. The number of rotatable bonds is 7. The van der Waals surface area contributed by atoms with Gasteiger partial charge in [-0.3, -0.25) is 0 Å². The molecule has 152 valence electrons. The van der Waals surface area contributed by atoms with Gasteiger partial charge in [-0.15, -0.1) is 0 Å². The highest BCUT2D eigenvalue weighted by atomic mass is 32.2. The fourth-order valence-electron chi connectivity index (χ4n) is 3.30. The first-order chi connectivity index (χ1) is 13.3. The highest BCUT2D eigenvalue weighted by Crippen LogP contribution is 2.20. The van der Waals surface area contributed by atoms with Crippen molar-refractivity contribution < 1.29 is 12.8 Å². The molecule has 9 heteroatoms. The smallest absolute Gasteiger partial charge is 0.240 e. The fraction of sp³-hybridized carbons (Fsp3) is 0.474. The fourth-order valence-corrected chi connectivity index (χ4v) is 4.55. The van der Waals surface area contributed by atoms with Gasteiger partial charge in [-0.1, -0.05) is 0 Å². The van der Waals surface area contributed by atoms with Crippen LogP contribution in [0.4, 0.5) is 16.0 Å². The summed E-state index contributed by atoms with van der Waals surface area (Å²) in [5.41, 5.74) is 0.373. The Balaban J connectivity index is 1.58. The van der Waals surface area contributed by atoms with E-state index in [1.807, 2.05) is 13.0 Å². The minimum atomic E-state index is -3.69. The molecule has 7 nitrogen and oxygen atoms in total. The molecule has 1 fully saturated rings. The molecule has 1 aliphatic rings. The van der Waals surface area contributed by atoms with Crippen LogP contribution in [0.5, 0.6) is 0 Å². The van der Waals surface area contributed by atoms with E-state index in [9.17, 15) is 12.8 Å². The number of hydrogen-bond acceptors (Lipinski definition) is 6. The van der Waals surface area contributed by atoms with Crippen LogP contribution >= 0.6 is 0 Å². The van der Waals surface area contributed by atoms with Crippen molar-refractivity contribution in [2.24, 2.45) is 0 Å². The Kier molecular flexibility index (Phi) is 6.46. The van der Waals surface area contributed by atoms with E-state index in [0.717, 1.165) is 37.8 Å². The van der Waals surface area contributed by atoms with Crippen LogP contribution in [0.1, 0.15) is 30.7 Å². The molecule has 0 aliphatic carbocycles. The minimum absolute atomic E-state index is 0.0826. The predicted octanol–water partition coefficient (Wildman–Crippen LogP) is 2.61. The monoisotopic (exact) mass is 407 g/mol. The van der Waals surface area contributed by atoms with E-state index in [2.05, 4.69) is 24.9 Å². The van der Waals surface area contributed by atoms with Crippen molar-refractivity contribution in [3.63, 3.8) is 0 Å². The average molecular weight is 408 g/mol. The second-order valence-electron chi connectivity index (χ2n) is 6.94. The van der Waals surface area contributed by atoms with E-state index in [0.29, 0.717) is 23.8 Å². The number of nitrogens with zero attached hydrogens (tertiary/aromatic N) is 3. The molecule has 28 heavy (non-hydrogen) atoms. The number of halogens is 1. The lowest BCUT2D eigenvalue weighted by atomic mass is 10.1. The topological polar surface area (TPSA) is 87.2 Å². The summed E-state index contributed by atoms with van der Waals surface area (Å²) in [4.78, 5) is 11.2. The maximum atomic E-state index is 13.2. The van der Waals surface area contributed by atoms with Crippen LogP contribution < -0.4 is 14.9 Å². The van der Waals surface area contributed by atoms with Crippen LogP contribution in [0.2, 0.25) is 0 Å². The molecule has 1 aromatic carbocycles. The highest BCUT2D eigenvalue weighted by molar-refractivity contribution is 7.89. The van der Waals surface area contributed by atoms with Gasteiger partial charge in [0.2, 0.25) is 10.0 Å². The lowest BCUT2D eigenvalue weighted by molar-refractivity contribution is 0.572. The maximum Gasteiger partial charge on any atom is 0.240 e. The lowest BCUT2D eigenvalue weighted by Crippen LogP contribution is -2.31. The zero-order valence-electron chi connectivity index (χ0n) is 16.2. The van der Waals surface area contributed by atoms with E-state index >= 15 is 0 Å². The van der Waals surface area contributed by atoms with Gasteiger partial charge in [-0.2, -0.15) is 0 Å². The van der Waals surface area contributed by atoms with Crippen molar-refractivity contribution in [1.82, 2.24) is 14.7 Å². The van der Waals surface area contributed by atoms with E-state index in [-0.39, 0.29) is 11.4 Å². The Morgan fingerprint density at radius 2 is 1.82 bits per heavy atom. The van der Waals surface area contributed by atoms with Gasteiger partial charge < -0.3 is 10.2 Å². The molecule has 2 aromatic rings. The first-order valence-electron chi connectivity index (χ1n) is 9.45. The van der Waals surface area contributed by atoms with E-state index < -0.39 is 15.8 Å². The predicted molar refractivity (Wildman–Crippen MR) is 108 cm³/mol. The Bertz CT molecular complexity index is 930. The third-order valence-corrected chi connectivity index (χ3v) is 6.28. The summed E-state index contributed by atoms with van der Waals surface area (Å²) in [6, 6.07) is 5.53. The molecule has 0 atom stereocenters. The molecule has 0 unspecified atom stereocenters. The summed E-state index contributed by atoms with van der Waals surface area (Å²) >= 11 is 0. The van der Waals surface area contributed by atoms with Crippen LogP contribution in [0.15, 0.2) is 29.2 Å². The third kappa shape index (κ3) is 5.17. The Morgan fingerprint density at radius 3 is 2.54 bits per heavy atom. The standard InChI is InChI=1S/C19H26FN5O2S/c1-14-12-16(20)6-7-17(14)28(26,27)22-9-8-21-18-13-19(24-15(2)23-18)25-10-4-3-5-11-25/h6-7,12-13,22H,3-5,8-11H2,1-2H3,(H,21,23,24). The number of aromatic nitrogens is 2. The van der Waals surface area contributed by atoms with Gasteiger partial charge in [0.25, 0.3) is 0 Å². The molecule has 2 N–H and O–H groups in total. The van der Waals surface area contributed by atoms with Gasteiger partial charge in [0.1, 0.15) is 23.3 Å². The molecule has 0 spiro atoms. The van der Waals surface area contributed by atoms with Crippen LogP contribution in [0.25, 0.3) is 0 Å². The van der Waals surface area contributed by atoms with Crippen molar-refractivity contribution >= 4 is 21.7 Å². The summed E-state index contributed by atoms with van der Waals surface area (Å²) in [7, 11) is -3.69. The first kappa shape index (κ1) is 20.5. The van der Waals surface area contributed by atoms with Gasteiger partial charge >= 0.3 is 0 Å². The summed E-state index contributed by atoms with van der Waals surface area (Å²) in [5.74, 6) is 1.79. The molecule has 1 aromatic heterocycles. The van der Waals surface area contributed by atoms with Crippen LogP contribution in [-0.2, 0) is 10.0 Å². The molecule has 1 saturated heterocycles. The van der Waals surface area contributed by atoms with Gasteiger partial charge in [-0.25, -0.2) is 27.5 Å². The number of hydrogen-bond donors (Lipinski definition) is 2. The molecule has 3 rings (SSSR count). The summed E-state index contributed by atoms with van der Waals surface area (Å²) < 4.78 is 40.5. The molecular formula is C19H26FN5O2S. The number of nitrogens with one attached hydrogen (secondary N) is 2. The van der Waals surface area contributed by atoms with Crippen molar-refractivity contribution in [3.8, 4) is 0 Å². The molecular weight excluding hydrogens is 381 g/mol. The zero-order chi connectivity index (χ0) is 20.1. The van der Waals surface area contributed by atoms with E-state index in [1.54, 1.807) is 6.92 Å². The van der Waals surface area contributed by atoms with Gasteiger partial charge in [0.15, 0.2) is 0 Å². The normalized spacial score (nSPS) is 14.9. The number of piperidine rings is 1. The van der Waals surface area contributed by atoms with Crippen LogP contribution in [0, 0.1) is 19.7 Å². The lowest BCUT2D eigenvalue weighted by Gasteiger charge is -2.28. The molecule has 0 amide bonds. The molecule has 0 radical (unpaired) electrons. The van der Waals surface area contributed by atoms with Crippen LogP contribution in [-0.4, -0.2) is 44.6 Å². The van der Waals surface area contributed by atoms with Gasteiger partial charge in [0, 0.05) is 32.2 Å². The first-order valence-corrected chi connectivity index (χ1v) is 10.9. The number of benzene rings is 1. The molecule has 0 bridgehead atoms. The van der Waals surface area contributed by atoms with E-state index in [1.165, 1.54) is 18.6 Å². The van der Waals surface area contributed by atoms with Gasteiger partial charge in [-0.05, 0) is 56.9 Å². The average Bonchev–Trinajstić information content (AvgIpc) is 2.65. The Labute approximate surface area is 165 Å². The van der Waals surface area contributed by atoms with Crippen molar-refractivity contribution in [2.45, 2.75) is 38.0 Å².